The Morgan fingerprint density at radius 1 is 0.868 bits per heavy atom. The fourth-order valence-corrected chi connectivity index (χ4v) is 4.19. The number of nitrogens with zero attached hydrogens (tertiary/aromatic N) is 1. The number of hydrogen-bond donors (Lipinski definition) is 0. The molecule has 0 unspecified atom stereocenters. The summed E-state index contributed by atoms with van der Waals surface area (Å²) >= 11 is 3.03. The fourth-order valence-electron chi connectivity index (χ4n) is 3.82. The molecule has 5 atom stereocenters. The van der Waals surface area contributed by atoms with Gasteiger partial charge < -0.3 is 28.4 Å². The minimum absolute atomic E-state index is 0.0320. The van der Waals surface area contributed by atoms with Gasteiger partial charge in [-0.15, -0.1) is 0 Å². The molecule has 0 bridgehead atoms. The van der Waals surface area contributed by atoms with Gasteiger partial charge in [0.25, 0.3) is 11.8 Å². The van der Waals surface area contributed by atoms with Crippen LogP contribution in [0.3, 0.4) is 0 Å². The second kappa shape index (κ2) is 12.2. The third-order valence-electron chi connectivity index (χ3n) is 5.18. The Bertz CT molecular complexity index is 1180. The predicted molar refractivity (Wildman–Crippen MR) is 129 cm³/mol. The lowest BCUT2D eigenvalue weighted by Crippen LogP contribution is -2.63. The van der Waals surface area contributed by atoms with Gasteiger partial charge in [0.2, 0.25) is 12.4 Å². The second-order valence-corrected chi connectivity index (χ2v) is 8.98. The highest BCUT2D eigenvalue weighted by Gasteiger charge is 2.53. The van der Waals surface area contributed by atoms with Crippen molar-refractivity contribution in [2.75, 3.05) is 11.5 Å². The highest BCUT2D eigenvalue weighted by atomic mass is 79.9. The molecule has 0 spiro atoms. The van der Waals surface area contributed by atoms with Gasteiger partial charge in [-0.2, -0.15) is 0 Å². The molecule has 1 aromatic carbocycles. The first-order valence-electron chi connectivity index (χ1n) is 11.2. The molecule has 38 heavy (non-hydrogen) atoms. The quantitative estimate of drug-likeness (QED) is 0.240. The number of benzene rings is 1. The highest BCUT2D eigenvalue weighted by Crippen LogP contribution is 2.37. The molecule has 13 nitrogen and oxygen atoms in total. The van der Waals surface area contributed by atoms with Crippen molar-refractivity contribution in [1.82, 2.24) is 0 Å². The van der Waals surface area contributed by atoms with E-state index in [-0.39, 0.29) is 15.9 Å². The number of rotatable bonds is 8. The van der Waals surface area contributed by atoms with Crippen LogP contribution in [0, 0.1) is 0 Å². The zero-order chi connectivity index (χ0) is 28.1. The van der Waals surface area contributed by atoms with E-state index in [9.17, 15) is 28.8 Å². The molecule has 2 aliphatic rings. The van der Waals surface area contributed by atoms with Crippen LogP contribution >= 0.6 is 15.9 Å². The topological polar surface area (TPSA) is 161 Å². The van der Waals surface area contributed by atoms with Gasteiger partial charge in [-0.3, -0.25) is 28.8 Å². The number of amides is 2. The summed E-state index contributed by atoms with van der Waals surface area (Å²) in [5, 5.41) is 0. The van der Waals surface area contributed by atoms with E-state index in [4.69, 9.17) is 28.4 Å². The molecule has 204 valence electrons. The van der Waals surface area contributed by atoms with Crippen LogP contribution in [0.25, 0.3) is 0 Å². The van der Waals surface area contributed by atoms with Crippen molar-refractivity contribution in [2.24, 2.45) is 0 Å². The third kappa shape index (κ3) is 6.75. The lowest BCUT2D eigenvalue weighted by molar-refractivity contribution is -0.288. The third-order valence-corrected chi connectivity index (χ3v) is 5.74. The summed E-state index contributed by atoms with van der Waals surface area (Å²) in [6.45, 7) is 3.98. The first-order valence-corrected chi connectivity index (χ1v) is 12.0. The number of carbonyl (C=O) groups is 6. The molecule has 1 aromatic rings. The van der Waals surface area contributed by atoms with E-state index < -0.39 is 73.0 Å². The van der Waals surface area contributed by atoms with Crippen molar-refractivity contribution >= 4 is 57.3 Å². The van der Waals surface area contributed by atoms with Crippen LogP contribution in [0.15, 0.2) is 34.8 Å². The molecule has 0 N–H and O–H groups in total. The van der Waals surface area contributed by atoms with Crippen LogP contribution in [-0.2, 0) is 52.5 Å². The summed E-state index contributed by atoms with van der Waals surface area (Å²) in [5.74, 6) is -4.39. The number of para-hydroxylation sites is 2. The molecule has 2 heterocycles. The number of imide groups is 1. The molecule has 3 rings (SSSR count). The first kappa shape index (κ1) is 28.8. The summed E-state index contributed by atoms with van der Waals surface area (Å²) in [6, 6.07) is 5.98. The zero-order valence-corrected chi connectivity index (χ0v) is 22.3. The number of halogens is 1. The largest absolute Gasteiger partial charge is 0.463 e. The van der Waals surface area contributed by atoms with E-state index in [0.717, 1.165) is 38.7 Å². The van der Waals surface area contributed by atoms with Crippen molar-refractivity contribution in [2.45, 2.75) is 58.4 Å². The fraction of sp³-hybridized carbons (Fsp3) is 0.417. The van der Waals surface area contributed by atoms with Crippen molar-refractivity contribution in [3.8, 4) is 5.75 Å². The standard InChI is InChI=1S/C24H24BrNO12/c1-11(27)33-10-18-20(34-12(2)28)21(35-13(3)29)22(36-14(4)30)24(38-18)37-17-8-6-5-7-16(17)26-19(31)9-15(25)23(26)32/h5-9,18,20-22,24H,10H2,1-4H3/t18-,20-,21+,22-,24-/m1/s1. The van der Waals surface area contributed by atoms with E-state index >= 15 is 0 Å². The Kier molecular flexibility index (Phi) is 9.22. The van der Waals surface area contributed by atoms with Crippen LogP contribution in [-0.4, -0.2) is 73.0 Å². The maximum Gasteiger partial charge on any atom is 0.303 e. The highest BCUT2D eigenvalue weighted by molar-refractivity contribution is 9.12. The molecule has 0 radical (unpaired) electrons. The Balaban J connectivity index is 2.04. The van der Waals surface area contributed by atoms with Crippen LogP contribution in [0.4, 0.5) is 5.69 Å². The second-order valence-electron chi connectivity index (χ2n) is 8.12. The Morgan fingerprint density at radius 3 is 2.00 bits per heavy atom. The lowest BCUT2D eigenvalue weighted by atomic mass is 9.98. The van der Waals surface area contributed by atoms with Crippen molar-refractivity contribution in [3.63, 3.8) is 0 Å². The van der Waals surface area contributed by atoms with Gasteiger partial charge in [0.1, 0.15) is 18.5 Å². The van der Waals surface area contributed by atoms with E-state index in [2.05, 4.69) is 15.9 Å². The average Bonchev–Trinajstić information content (AvgIpc) is 3.07. The normalized spacial score (nSPS) is 24.8. The summed E-state index contributed by atoms with van der Waals surface area (Å²) in [6.07, 6.45) is -5.98. The molecule has 0 aliphatic carbocycles. The Hall–Kier alpha value is -3.78. The number of carbonyl (C=O) groups excluding carboxylic acids is 6. The molecular formula is C24H24BrNO12. The Morgan fingerprint density at radius 2 is 1.45 bits per heavy atom. The van der Waals surface area contributed by atoms with Gasteiger partial charge in [-0.25, -0.2) is 4.90 Å². The summed E-state index contributed by atoms with van der Waals surface area (Å²) in [7, 11) is 0. The van der Waals surface area contributed by atoms with Gasteiger partial charge in [0, 0.05) is 33.8 Å². The monoisotopic (exact) mass is 597 g/mol. The molecule has 0 saturated carbocycles. The summed E-state index contributed by atoms with van der Waals surface area (Å²) in [5.41, 5.74) is 0.0426. The van der Waals surface area contributed by atoms with Crippen LogP contribution in [0.1, 0.15) is 27.7 Å². The predicted octanol–water partition coefficient (Wildman–Crippen LogP) is 1.30. The maximum atomic E-state index is 12.6. The number of ether oxygens (including phenoxy) is 6. The van der Waals surface area contributed by atoms with Crippen molar-refractivity contribution in [3.05, 3.63) is 34.8 Å². The van der Waals surface area contributed by atoms with Gasteiger partial charge in [0.15, 0.2) is 12.2 Å². The molecule has 0 aromatic heterocycles. The van der Waals surface area contributed by atoms with E-state index in [1.54, 1.807) is 12.1 Å². The molecular weight excluding hydrogens is 574 g/mol. The zero-order valence-electron chi connectivity index (χ0n) is 20.7. The van der Waals surface area contributed by atoms with Crippen molar-refractivity contribution < 1.29 is 57.2 Å². The summed E-state index contributed by atoms with van der Waals surface area (Å²) < 4.78 is 33.0. The number of anilines is 1. The number of hydrogen-bond acceptors (Lipinski definition) is 12. The van der Waals surface area contributed by atoms with Gasteiger partial charge in [0.05, 0.1) is 10.2 Å². The number of esters is 4. The van der Waals surface area contributed by atoms with E-state index in [1.165, 1.54) is 12.1 Å². The summed E-state index contributed by atoms with van der Waals surface area (Å²) in [4.78, 5) is 73.2. The average molecular weight is 598 g/mol. The molecule has 2 aliphatic heterocycles. The van der Waals surface area contributed by atoms with Crippen molar-refractivity contribution in [1.29, 1.82) is 0 Å². The van der Waals surface area contributed by atoms with Crippen LogP contribution in [0.2, 0.25) is 0 Å². The molecule has 2 amide bonds. The SMILES string of the molecule is CC(=O)OC[C@H]1O[C@@H](Oc2ccccc2N2C(=O)C=C(Br)C2=O)[C@H](OC(C)=O)[C@@H](OC(C)=O)[C@@H]1OC(C)=O. The minimum Gasteiger partial charge on any atom is -0.463 e. The smallest absolute Gasteiger partial charge is 0.303 e. The van der Waals surface area contributed by atoms with Gasteiger partial charge in [-0.1, -0.05) is 12.1 Å². The van der Waals surface area contributed by atoms with Crippen LogP contribution < -0.4 is 9.64 Å². The Labute approximate surface area is 225 Å². The maximum absolute atomic E-state index is 12.6. The molecule has 1 fully saturated rings. The van der Waals surface area contributed by atoms with E-state index in [1.807, 2.05) is 0 Å². The first-order chi connectivity index (χ1) is 17.9. The lowest BCUT2D eigenvalue weighted by Gasteiger charge is -2.44. The van der Waals surface area contributed by atoms with Crippen LogP contribution in [0.5, 0.6) is 5.75 Å². The minimum atomic E-state index is -1.54. The molecule has 14 heteroatoms. The van der Waals surface area contributed by atoms with Gasteiger partial charge in [-0.05, 0) is 28.1 Å². The molecule has 1 saturated heterocycles. The van der Waals surface area contributed by atoms with E-state index in [0.29, 0.717) is 0 Å². The van der Waals surface area contributed by atoms with Gasteiger partial charge >= 0.3 is 23.9 Å².